The third kappa shape index (κ3) is 4.82. The first-order valence-electron chi connectivity index (χ1n) is 10.9. The molecule has 0 N–H and O–H groups in total. The Morgan fingerprint density at radius 1 is 0.879 bits per heavy atom. The van der Waals surface area contributed by atoms with Crippen LogP contribution in [-0.4, -0.2) is 51.8 Å². The summed E-state index contributed by atoms with van der Waals surface area (Å²) in [6.07, 6.45) is 2.14. The van der Waals surface area contributed by atoms with Crippen LogP contribution in [-0.2, 0) is 17.8 Å². The molecule has 1 aliphatic rings. The summed E-state index contributed by atoms with van der Waals surface area (Å²) in [4.78, 5) is 21.7. The Morgan fingerprint density at radius 3 is 2.42 bits per heavy atom. The lowest BCUT2D eigenvalue weighted by atomic mass is 10.1. The van der Waals surface area contributed by atoms with Gasteiger partial charge in [0.05, 0.1) is 34.7 Å². The van der Waals surface area contributed by atoms with Crippen LogP contribution in [0.3, 0.4) is 0 Å². The van der Waals surface area contributed by atoms with E-state index in [-0.39, 0.29) is 5.91 Å². The molecule has 5 rings (SSSR count). The predicted octanol–water partition coefficient (Wildman–Crippen LogP) is 4.68. The number of pyridine rings is 1. The van der Waals surface area contributed by atoms with Crippen LogP contribution in [0.15, 0.2) is 66.9 Å². The van der Waals surface area contributed by atoms with Crippen molar-refractivity contribution >= 4 is 46.0 Å². The summed E-state index contributed by atoms with van der Waals surface area (Å²) < 4.78 is 1.97. The molecular formula is C25H23Cl2N5O. The van der Waals surface area contributed by atoms with Gasteiger partial charge in [0.15, 0.2) is 0 Å². The SMILES string of the molecule is O=C(Cc1ccc(Cl)c(Cl)c1)N1CCN(c2ccc3c(cnn3Cc3ccccc3)n2)CC1. The zero-order chi connectivity index (χ0) is 22.8. The number of fused-ring (bicyclic) bond motifs is 1. The Balaban J connectivity index is 1.22. The number of hydrogen-bond acceptors (Lipinski definition) is 4. The molecule has 0 saturated carbocycles. The largest absolute Gasteiger partial charge is 0.353 e. The Morgan fingerprint density at radius 2 is 1.67 bits per heavy atom. The van der Waals surface area contributed by atoms with Crippen molar-refractivity contribution in [2.45, 2.75) is 13.0 Å². The summed E-state index contributed by atoms with van der Waals surface area (Å²) in [5, 5.41) is 5.50. The van der Waals surface area contributed by atoms with Crippen LogP contribution in [0.25, 0.3) is 11.0 Å². The number of nitrogens with zero attached hydrogens (tertiary/aromatic N) is 5. The maximum absolute atomic E-state index is 12.7. The Kier molecular flexibility index (Phi) is 6.20. The fourth-order valence-electron chi connectivity index (χ4n) is 4.14. The lowest BCUT2D eigenvalue weighted by Gasteiger charge is -2.35. The highest BCUT2D eigenvalue weighted by Crippen LogP contribution is 2.24. The van der Waals surface area contributed by atoms with Gasteiger partial charge in [0, 0.05) is 26.2 Å². The van der Waals surface area contributed by atoms with Gasteiger partial charge < -0.3 is 9.80 Å². The van der Waals surface area contributed by atoms with Crippen molar-refractivity contribution in [1.29, 1.82) is 0 Å². The van der Waals surface area contributed by atoms with E-state index in [1.165, 1.54) is 5.56 Å². The second-order valence-electron chi connectivity index (χ2n) is 8.15. The second-order valence-corrected chi connectivity index (χ2v) is 8.97. The molecule has 0 radical (unpaired) electrons. The molecule has 33 heavy (non-hydrogen) atoms. The molecule has 2 aromatic carbocycles. The topological polar surface area (TPSA) is 54.3 Å². The lowest BCUT2D eigenvalue weighted by Crippen LogP contribution is -2.49. The van der Waals surface area contributed by atoms with E-state index in [2.05, 4.69) is 28.2 Å². The first-order valence-corrected chi connectivity index (χ1v) is 11.7. The molecule has 3 heterocycles. The second kappa shape index (κ2) is 9.41. The van der Waals surface area contributed by atoms with E-state index < -0.39 is 0 Å². The van der Waals surface area contributed by atoms with Gasteiger partial charge in [0.2, 0.25) is 5.91 Å². The van der Waals surface area contributed by atoms with Gasteiger partial charge in [0.25, 0.3) is 0 Å². The number of piperazine rings is 1. The van der Waals surface area contributed by atoms with Crippen LogP contribution in [0.4, 0.5) is 5.82 Å². The minimum Gasteiger partial charge on any atom is -0.353 e. The predicted molar refractivity (Wildman–Crippen MR) is 132 cm³/mol. The first kappa shape index (κ1) is 21.7. The number of amides is 1. The molecule has 0 bridgehead atoms. The van der Waals surface area contributed by atoms with E-state index in [1.54, 1.807) is 12.1 Å². The summed E-state index contributed by atoms with van der Waals surface area (Å²) in [6, 6.07) is 19.7. The summed E-state index contributed by atoms with van der Waals surface area (Å²) >= 11 is 12.0. The molecular weight excluding hydrogens is 457 g/mol. The highest BCUT2D eigenvalue weighted by atomic mass is 35.5. The van der Waals surface area contributed by atoms with Gasteiger partial charge in [-0.25, -0.2) is 4.98 Å². The average Bonchev–Trinajstić information content (AvgIpc) is 3.24. The van der Waals surface area contributed by atoms with Crippen molar-refractivity contribution in [3.8, 4) is 0 Å². The Labute approximate surface area is 202 Å². The van der Waals surface area contributed by atoms with Crippen LogP contribution in [0.5, 0.6) is 0 Å². The van der Waals surface area contributed by atoms with Crippen molar-refractivity contribution in [1.82, 2.24) is 19.7 Å². The molecule has 2 aromatic heterocycles. The fourth-order valence-corrected chi connectivity index (χ4v) is 4.46. The standard InChI is InChI=1S/C25H23Cl2N5O/c26-20-7-6-19(14-21(20)27)15-25(33)31-12-10-30(11-13-31)24-9-8-23-22(29-24)16-28-32(23)17-18-4-2-1-3-5-18/h1-9,14,16H,10-13,15,17H2. The van der Waals surface area contributed by atoms with E-state index in [4.69, 9.17) is 28.2 Å². The lowest BCUT2D eigenvalue weighted by molar-refractivity contribution is -0.130. The Hall–Kier alpha value is -3.09. The quantitative estimate of drug-likeness (QED) is 0.417. The zero-order valence-electron chi connectivity index (χ0n) is 18.0. The van der Waals surface area contributed by atoms with E-state index in [1.807, 2.05) is 46.1 Å². The maximum atomic E-state index is 12.7. The van der Waals surface area contributed by atoms with Crippen LogP contribution in [0.1, 0.15) is 11.1 Å². The van der Waals surface area contributed by atoms with E-state index in [0.717, 1.165) is 35.5 Å². The van der Waals surface area contributed by atoms with Crippen LogP contribution < -0.4 is 4.90 Å². The zero-order valence-corrected chi connectivity index (χ0v) is 19.5. The normalized spacial score (nSPS) is 14.1. The molecule has 0 spiro atoms. The molecule has 0 unspecified atom stereocenters. The molecule has 1 saturated heterocycles. The third-order valence-corrected chi connectivity index (χ3v) is 6.70. The Bertz CT molecular complexity index is 1280. The molecule has 0 atom stereocenters. The van der Waals surface area contributed by atoms with Crippen molar-refractivity contribution in [3.63, 3.8) is 0 Å². The van der Waals surface area contributed by atoms with Crippen molar-refractivity contribution in [3.05, 3.63) is 88.0 Å². The van der Waals surface area contributed by atoms with Gasteiger partial charge in [-0.15, -0.1) is 0 Å². The van der Waals surface area contributed by atoms with Crippen molar-refractivity contribution in [2.24, 2.45) is 0 Å². The van der Waals surface area contributed by atoms with Crippen molar-refractivity contribution < 1.29 is 4.79 Å². The summed E-state index contributed by atoms with van der Waals surface area (Å²) in [5.74, 6) is 1.01. The minimum atomic E-state index is 0.0960. The number of aromatic nitrogens is 3. The smallest absolute Gasteiger partial charge is 0.227 e. The summed E-state index contributed by atoms with van der Waals surface area (Å²) in [5.41, 5.74) is 3.96. The number of carbonyl (C=O) groups is 1. The van der Waals surface area contributed by atoms with E-state index in [9.17, 15) is 4.79 Å². The number of rotatable bonds is 5. The molecule has 4 aromatic rings. The van der Waals surface area contributed by atoms with Crippen LogP contribution in [0, 0.1) is 0 Å². The summed E-state index contributed by atoms with van der Waals surface area (Å²) in [7, 11) is 0. The van der Waals surface area contributed by atoms with Gasteiger partial charge in [-0.3, -0.25) is 9.48 Å². The first-order chi connectivity index (χ1) is 16.1. The minimum absolute atomic E-state index is 0.0960. The van der Waals surface area contributed by atoms with Gasteiger partial charge >= 0.3 is 0 Å². The van der Waals surface area contributed by atoms with Crippen molar-refractivity contribution in [2.75, 3.05) is 31.1 Å². The summed E-state index contributed by atoms with van der Waals surface area (Å²) in [6.45, 7) is 3.51. The molecule has 1 aliphatic heterocycles. The number of hydrogen-bond donors (Lipinski definition) is 0. The van der Waals surface area contributed by atoms with Crippen LogP contribution in [0.2, 0.25) is 10.0 Å². The van der Waals surface area contributed by atoms with E-state index in [0.29, 0.717) is 36.1 Å². The number of halogens is 2. The molecule has 6 nitrogen and oxygen atoms in total. The molecule has 0 aliphatic carbocycles. The molecule has 8 heteroatoms. The molecule has 1 fully saturated rings. The maximum Gasteiger partial charge on any atom is 0.227 e. The highest BCUT2D eigenvalue weighted by molar-refractivity contribution is 6.42. The van der Waals surface area contributed by atoms with Crippen LogP contribution >= 0.6 is 23.2 Å². The molecule has 1 amide bonds. The molecule has 168 valence electrons. The third-order valence-electron chi connectivity index (χ3n) is 5.96. The fraction of sp³-hybridized carbons (Fsp3) is 0.240. The van der Waals surface area contributed by atoms with Gasteiger partial charge in [-0.1, -0.05) is 59.6 Å². The number of anilines is 1. The van der Waals surface area contributed by atoms with E-state index >= 15 is 0 Å². The number of carbonyl (C=O) groups excluding carboxylic acids is 1. The average molecular weight is 480 g/mol. The monoisotopic (exact) mass is 479 g/mol. The van der Waals surface area contributed by atoms with Gasteiger partial charge in [0.1, 0.15) is 11.3 Å². The van der Waals surface area contributed by atoms with Gasteiger partial charge in [-0.05, 0) is 35.4 Å². The number of benzene rings is 2. The van der Waals surface area contributed by atoms with Gasteiger partial charge in [-0.2, -0.15) is 5.10 Å². The highest BCUT2D eigenvalue weighted by Gasteiger charge is 2.22.